The van der Waals surface area contributed by atoms with Crippen LogP contribution in [0.25, 0.3) is 5.69 Å². The van der Waals surface area contributed by atoms with Crippen molar-refractivity contribution in [1.29, 1.82) is 0 Å². The summed E-state index contributed by atoms with van der Waals surface area (Å²) in [5.41, 5.74) is 2.10. The zero-order chi connectivity index (χ0) is 19.3. The number of phenolic OH excluding ortho intramolecular Hbond substituents is 1. The lowest BCUT2D eigenvalue weighted by molar-refractivity contribution is 0.0716. The predicted octanol–water partition coefficient (Wildman–Crippen LogP) is 4.01. The summed E-state index contributed by atoms with van der Waals surface area (Å²) in [7, 11) is 0. The minimum atomic E-state index is -0.147. The second kappa shape index (κ2) is 7.84. The van der Waals surface area contributed by atoms with Crippen molar-refractivity contribution in [1.82, 2.24) is 14.7 Å². The molecule has 1 amide bonds. The van der Waals surface area contributed by atoms with E-state index < -0.39 is 0 Å². The van der Waals surface area contributed by atoms with E-state index in [-0.39, 0.29) is 18.2 Å². The number of furan rings is 1. The van der Waals surface area contributed by atoms with Crippen LogP contribution in [-0.4, -0.2) is 25.7 Å². The molecule has 0 aliphatic heterocycles. The molecule has 1 N–H and O–H groups in total. The maximum Gasteiger partial charge on any atom is 0.254 e. The van der Waals surface area contributed by atoms with E-state index in [0.717, 1.165) is 5.69 Å². The number of aromatic nitrogens is 2. The molecular weight excluding hydrogens is 354 g/mol. The zero-order valence-electron chi connectivity index (χ0n) is 15.1. The molecule has 0 unspecified atom stereocenters. The van der Waals surface area contributed by atoms with Crippen LogP contribution in [0.3, 0.4) is 0 Å². The molecular formula is C22H19N3O3. The Kier molecular flexibility index (Phi) is 4.93. The van der Waals surface area contributed by atoms with Crippen LogP contribution in [0.1, 0.15) is 21.7 Å². The Morgan fingerprint density at radius 3 is 2.50 bits per heavy atom. The van der Waals surface area contributed by atoms with E-state index in [0.29, 0.717) is 23.4 Å². The predicted molar refractivity (Wildman–Crippen MR) is 104 cm³/mol. The molecule has 0 radical (unpaired) electrons. The highest BCUT2D eigenvalue weighted by molar-refractivity contribution is 5.94. The SMILES string of the molecule is O=C(c1ccc(-n2cccn2)cc1)N(Cc1ccco1)Cc1ccccc1O. The van der Waals surface area contributed by atoms with Crippen LogP contribution in [0.15, 0.2) is 89.8 Å². The van der Waals surface area contributed by atoms with Crippen molar-refractivity contribution in [3.05, 3.63) is 102 Å². The van der Waals surface area contributed by atoms with Gasteiger partial charge in [0, 0.05) is 23.5 Å². The standard InChI is InChI=1S/C22H19N3O3/c26-21-7-2-1-5-18(21)15-24(16-20-6-3-14-28-20)22(27)17-8-10-19(11-9-17)25-13-4-12-23-25/h1-14,26H,15-16H2. The van der Waals surface area contributed by atoms with E-state index >= 15 is 0 Å². The number of phenols is 1. The van der Waals surface area contributed by atoms with Crippen molar-refractivity contribution >= 4 is 5.91 Å². The average Bonchev–Trinajstić information content (AvgIpc) is 3.43. The minimum Gasteiger partial charge on any atom is -0.508 e. The van der Waals surface area contributed by atoms with Gasteiger partial charge in [0.1, 0.15) is 11.5 Å². The number of nitrogens with zero attached hydrogens (tertiary/aromatic N) is 3. The van der Waals surface area contributed by atoms with Gasteiger partial charge in [0.25, 0.3) is 5.91 Å². The van der Waals surface area contributed by atoms with Gasteiger partial charge in [-0.05, 0) is 48.5 Å². The van der Waals surface area contributed by atoms with E-state index in [1.165, 1.54) is 0 Å². The molecule has 4 aromatic rings. The summed E-state index contributed by atoms with van der Waals surface area (Å²) >= 11 is 0. The summed E-state index contributed by atoms with van der Waals surface area (Å²) in [5, 5.41) is 14.3. The summed E-state index contributed by atoms with van der Waals surface area (Å²) < 4.78 is 7.15. The number of aromatic hydroxyl groups is 1. The molecule has 6 heteroatoms. The molecule has 28 heavy (non-hydrogen) atoms. The summed E-state index contributed by atoms with van der Waals surface area (Å²) in [6.45, 7) is 0.578. The van der Waals surface area contributed by atoms with Crippen molar-refractivity contribution in [2.24, 2.45) is 0 Å². The van der Waals surface area contributed by atoms with Crippen LogP contribution < -0.4 is 0 Å². The van der Waals surface area contributed by atoms with Gasteiger partial charge in [-0.2, -0.15) is 5.10 Å². The van der Waals surface area contributed by atoms with Gasteiger partial charge in [-0.25, -0.2) is 4.68 Å². The molecule has 2 heterocycles. The third-order valence-electron chi connectivity index (χ3n) is 4.45. The molecule has 6 nitrogen and oxygen atoms in total. The lowest BCUT2D eigenvalue weighted by Crippen LogP contribution is -2.30. The molecule has 0 atom stereocenters. The lowest BCUT2D eigenvalue weighted by Gasteiger charge is -2.22. The first-order valence-electron chi connectivity index (χ1n) is 8.89. The Balaban J connectivity index is 1.59. The molecule has 0 fully saturated rings. The fourth-order valence-electron chi connectivity index (χ4n) is 3.00. The summed E-state index contributed by atoms with van der Waals surface area (Å²) in [5.74, 6) is 0.692. The molecule has 0 saturated carbocycles. The summed E-state index contributed by atoms with van der Waals surface area (Å²) in [4.78, 5) is 14.8. The molecule has 0 bridgehead atoms. The van der Waals surface area contributed by atoms with Gasteiger partial charge in [0.2, 0.25) is 0 Å². The van der Waals surface area contributed by atoms with E-state index in [4.69, 9.17) is 4.42 Å². The van der Waals surface area contributed by atoms with E-state index in [1.807, 2.05) is 36.5 Å². The molecule has 4 rings (SSSR count). The Morgan fingerprint density at radius 1 is 1.00 bits per heavy atom. The van der Waals surface area contributed by atoms with Crippen LogP contribution in [0.2, 0.25) is 0 Å². The molecule has 2 aromatic heterocycles. The molecule has 0 aliphatic carbocycles. The second-order valence-electron chi connectivity index (χ2n) is 6.37. The van der Waals surface area contributed by atoms with Crippen LogP contribution in [0, 0.1) is 0 Å². The van der Waals surface area contributed by atoms with Crippen molar-refractivity contribution in [3.63, 3.8) is 0 Å². The van der Waals surface area contributed by atoms with Gasteiger partial charge < -0.3 is 14.4 Å². The average molecular weight is 373 g/mol. The highest BCUT2D eigenvalue weighted by Gasteiger charge is 2.19. The maximum absolute atomic E-state index is 13.2. The number of carbonyl (C=O) groups excluding carboxylic acids is 1. The molecule has 0 spiro atoms. The smallest absolute Gasteiger partial charge is 0.254 e. The Hall–Kier alpha value is -3.80. The first-order valence-corrected chi connectivity index (χ1v) is 8.89. The highest BCUT2D eigenvalue weighted by atomic mass is 16.3. The number of hydrogen-bond acceptors (Lipinski definition) is 4. The molecule has 0 aliphatic rings. The number of carbonyl (C=O) groups is 1. The molecule has 140 valence electrons. The van der Waals surface area contributed by atoms with Crippen LogP contribution in [0.5, 0.6) is 5.75 Å². The van der Waals surface area contributed by atoms with Gasteiger partial charge in [-0.3, -0.25) is 4.79 Å². The number of amides is 1. The minimum absolute atomic E-state index is 0.147. The van der Waals surface area contributed by atoms with Gasteiger partial charge in [-0.15, -0.1) is 0 Å². The fourth-order valence-corrected chi connectivity index (χ4v) is 3.00. The summed E-state index contributed by atoms with van der Waals surface area (Å²) in [6.07, 6.45) is 5.13. The van der Waals surface area contributed by atoms with Crippen molar-refractivity contribution in [2.75, 3.05) is 0 Å². The Bertz CT molecular complexity index is 1040. The Labute approximate surface area is 162 Å². The maximum atomic E-state index is 13.2. The topological polar surface area (TPSA) is 71.5 Å². The second-order valence-corrected chi connectivity index (χ2v) is 6.37. The lowest BCUT2D eigenvalue weighted by atomic mass is 10.1. The third kappa shape index (κ3) is 3.81. The summed E-state index contributed by atoms with van der Waals surface area (Å²) in [6, 6.07) is 19.7. The van der Waals surface area contributed by atoms with E-state index in [2.05, 4.69) is 5.10 Å². The van der Waals surface area contributed by atoms with Crippen molar-refractivity contribution < 1.29 is 14.3 Å². The first-order chi connectivity index (χ1) is 13.7. The third-order valence-corrected chi connectivity index (χ3v) is 4.45. The van der Waals surface area contributed by atoms with Crippen molar-refractivity contribution in [3.8, 4) is 11.4 Å². The number of para-hydroxylation sites is 1. The largest absolute Gasteiger partial charge is 0.508 e. The Morgan fingerprint density at radius 2 is 1.82 bits per heavy atom. The van der Waals surface area contributed by atoms with E-state index in [1.54, 1.807) is 58.4 Å². The fraction of sp³-hybridized carbons (Fsp3) is 0.0909. The number of hydrogen-bond donors (Lipinski definition) is 1. The number of rotatable bonds is 6. The van der Waals surface area contributed by atoms with Crippen LogP contribution in [0.4, 0.5) is 0 Å². The van der Waals surface area contributed by atoms with Crippen LogP contribution in [-0.2, 0) is 13.1 Å². The quantitative estimate of drug-likeness (QED) is 0.554. The van der Waals surface area contributed by atoms with Gasteiger partial charge >= 0.3 is 0 Å². The monoisotopic (exact) mass is 373 g/mol. The normalized spacial score (nSPS) is 10.7. The van der Waals surface area contributed by atoms with Gasteiger partial charge in [0.15, 0.2) is 0 Å². The zero-order valence-corrected chi connectivity index (χ0v) is 15.1. The number of benzene rings is 2. The first kappa shape index (κ1) is 17.6. The van der Waals surface area contributed by atoms with Crippen LogP contribution >= 0.6 is 0 Å². The molecule has 0 saturated heterocycles. The molecule has 2 aromatic carbocycles. The van der Waals surface area contributed by atoms with Gasteiger partial charge in [-0.1, -0.05) is 18.2 Å². The van der Waals surface area contributed by atoms with E-state index in [9.17, 15) is 9.90 Å². The van der Waals surface area contributed by atoms with Crippen molar-refractivity contribution in [2.45, 2.75) is 13.1 Å². The van der Waals surface area contributed by atoms with Gasteiger partial charge in [0.05, 0.1) is 25.0 Å². The highest BCUT2D eigenvalue weighted by Crippen LogP contribution is 2.21.